The molecule has 0 amide bonds. The van der Waals surface area contributed by atoms with Crippen LogP contribution >= 0.6 is 0 Å². The van der Waals surface area contributed by atoms with E-state index in [-0.39, 0.29) is 82.8 Å². The summed E-state index contributed by atoms with van der Waals surface area (Å²) in [4.78, 5) is 52.5. The molecule has 16 aliphatic carbocycles. The molecule has 20 rings (SSSR count). The van der Waals surface area contributed by atoms with Crippen molar-refractivity contribution in [3.63, 3.8) is 0 Å². The molecule has 0 bridgehead atoms. The molecule has 0 spiro atoms. The molecule has 0 saturated heterocycles. The number of rotatable bonds is 15. The number of hydrogen-bond acceptors (Lipinski definition) is 12. The zero-order chi connectivity index (χ0) is 82.8. The molecule has 4 aromatic heterocycles. The highest BCUT2D eigenvalue weighted by Gasteiger charge is 2.64. The van der Waals surface area contributed by atoms with Crippen LogP contribution in [0.5, 0.6) is 0 Å². The predicted octanol–water partition coefficient (Wildman–Crippen LogP) is 18.4. The summed E-state index contributed by atoms with van der Waals surface area (Å²) in [7, 11) is 0. The molecule has 29 atom stereocenters. The summed E-state index contributed by atoms with van der Waals surface area (Å²) in [6, 6.07) is 7.43. The minimum Gasteiger partial charge on any atom is -0.390 e. The van der Waals surface area contributed by atoms with E-state index in [0.29, 0.717) is 176 Å². The van der Waals surface area contributed by atoms with Crippen LogP contribution in [-0.4, -0.2) is 125 Å². The van der Waals surface area contributed by atoms with Crippen molar-refractivity contribution < 1.29 is 65.9 Å². The maximum atomic E-state index is 15.2. The first-order valence-electron chi connectivity index (χ1n) is 46.1. The van der Waals surface area contributed by atoms with E-state index in [4.69, 9.17) is 0 Å². The Morgan fingerprint density at radius 1 is 0.407 bits per heavy atom. The number of allylic oxidation sites excluding steroid dienone is 3. The highest BCUT2D eigenvalue weighted by Crippen LogP contribution is 2.70. The largest absolute Gasteiger partial charge is 0.390 e. The number of alkyl halides is 5. The number of halogens is 6. The van der Waals surface area contributed by atoms with Crippen LogP contribution in [-0.2, 0) is 45.4 Å². The standard InChI is InChI=1S/C24H34F2N2O2.C24H32F2N2O2.2C24H33FN2O2/c2*1-23-9-7-17-16-8-10-24(30,22(25)26)13-15(16)3-4-18(17)19(23)5-6-20(23)21(29)14-28-12-2-11-27-28;1-23(29)8-6-16-15-7-9-24(2)19(17(15)12-21(25)18(16)13-23)4-5-20(24)22(28)14-27-11-3-10-26-27;1-23-9-7-18-17-8-10-24(29,15-25)13-16(17)3-4-19(18)20(23)5-6-21(23)22(28)14-27-12-2-11-26-27/h2,11-12,15-20,22,30H,3-10,13-14H2,1H3;2-3,11-12,16-20,22,30H,4-10,13-14H2,1H3;3,10-11,15-17,19-20,29H,4-9,12-14H2,1-2H3;2-3,11-12,17-21,29H,4-10,13-15H2,1H3/t15-,16-,17+,18+,19-,20+,23-,24+;16-,17+,18+,19-,20+,23-,24+;15-,16-,17-,19+,20-,23-,24+;17-,18+,19+,20-,21+,23-,24+/m0010/s1. The van der Waals surface area contributed by atoms with Crippen molar-refractivity contribution in [2.75, 3.05) is 6.67 Å². The minimum atomic E-state index is -2.68. The zero-order valence-corrected chi connectivity index (χ0v) is 70.5. The maximum absolute atomic E-state index is 15.2. The lowest BCUT2D eigenvalue weighted by Gasteiger charge is -2.57. The van der Waals surface area contributed by atoms with Gasteiger partial charge in [0, 0.05) is 86.1 Å². The van der Waals surface area contributed by atoms with Gasteiger partial charge < -0.3 is 20.4 Å². The number of aliphatic hydroxyl groups is 4. The number of nitrogens with zero attached hydrogens (tertiary/aromatic N) is 8. The second kappa shape index (κ2) is 32.7. The third-order valence-corrected chi connectivity index (χ3v) is 37.1. The Hall–Kier alpha value is -5.84. The average Bonchev–Trinajstić information content (AvgIpc) is 1.50. The summed E-state index contributed by atoms with van der Waals surface area (Å²) in [6.45, 7) is 12.0. The van der Waals surface area contributed by atoms with Crippen molar-refractivity contribution in [2.24, 2.45) is 146 Å². The van der Waals surface area contributed by atoms with E-state index in [1.807, 2.05) is 56.0 Å². The molecule has 16 nitrogen and oxygen atoms in total. The van der Waals surface area contributed by atoms with E-state index in [0.717, 1.165) is 159 Å². The van der Waals surface area contributed by atoms with Gasteiger partial charge in [-0.2, -0.15) is 20.4 Å². The quantitative estimate of drug-likeness (QED) is 0.0645. The van der Waals surface area contributed by atoms with Gasteiger partial charge in [-0.15, -0.1) is 0 Å². The number of ketones is 4. The molecule has 646 valence electrons. The molecule has 0 radical (unpaired) electrons. The van der Waals surface area contributed by atoms with Crippen LogP contribution in [0, 0.1) is 146 Å². The summed E-state index contributed by atoms with van der Waals surface area (Å²) in [5, 5.41) is 58.5. The van der Waals surface area contributed by atoms with Gasteiger partial charge in [0.2, 0.25) is 0 Å². The van der Waals surface area contributed by atoms with Crippen LogP contribution in [0.2, 0.25) is 0 Å². The molecule has 4 N–H and O–H groups in total. The summed E-state index contributed by atoms with van der Waals surface area (Å²) < 4.78 is 89.0. The average molecular weight is 1640 g/mol. The van der Waals surface area contributed by atoms with E-state index in [9.17, 15) is 61.6 Å². The van der Waals surface area contributed by atoms with Gasteiger partial charge in [-0.1, -0.05) is 51.0 Å². The molecule has 4 aromatic rings. The Morgan fingerprint density at radius 2 is 0.788 bits per heavy atom. The SMILES string of the molecule is C[C@@]1(O)CC[C@H]2C(=C(F)C[C@@H]3[C@@H]2CC[C@]2(C)[C@@H](C(=O)Cn4cccn4)CC[C@@H]32)C1.C[C@]12CC[C@H]3[C@@H](CC=C4C[C@@](O)(C(F)F)CC[C@@H]43)[C@@H]1CC[C@@H]2C(=O)Cn1cccn1.C[C@]12CC[C@H]3[C@@H](CC=C4C[C@@](O)(CF)CC[C@@H]43)[C@@H]1CC[C@@H]2C(=O)Cn1cccn1.C[C@]12CC[C@H]3[C@@H](CC[C@H]4C[C@@](O)(C(F)F)CC[C@@H]43)[C@@H]1CC[C@@H]2C(=O)Cn1cccn1. The summed E-state index contributed by atoms with van der Waals surface area (Å²) in [6.07, 6.45) is 41.4. The topological polar surface area (TPSA) is 220 Å². The fourth-order valence-electron chi connectivity index (χ4n) is 31.4. The van der Waals surface area contributed by atoms with E-state index >= 15 is 4.39 Å². The van der Waals surface area contributed by atoms with Crippen molar-refractivity contribution in [1.29, 1.82) is 0 Å². The van der Waals surface area contributed by atoms with Gasteiger partial charge in [0.05, 0.1) is 43.2 Å². The Balaban J connectivity index is 0.000000113. The maximum Gasteiger partial charge on any atom is 0.267 e. The number of aromatic nitrogens is 8. The number of Topliss-reactive ketones (excluding diaryl/α,β-unsaturated/α-hetero) is 4. The fourth-order valence-corrected chi connectivity index (χ4v) is 31.4. The van der Waals surface area contributed by atoms with E-state index in [2.05, 4.69) is 60.2 Å². The van der Waals surface area contributed by atoms with E-state index < -0.39 is 41.9 Å². The molecule has 0 aliphatic heterocycles. The van der Waals surface area contributed by atoms with Crippen molar-refractivity contribution in [1.82, 2.24) is 39.1 Å². The van der Waals surface area contributed by atoms with Gasteiger partial charge in [-0.3, -0.25) is 37.9 Å². The first-order chi connectivity index (χ1) is 56.3. The zero-order valence-electron chi connectivity index (χ0n) is 70.5. The van der Waals surface area contributed by atoms with Crippen molar-refractivity contribution in [3.8, 4) is 0 Å². The lowest BCUT2D eigenvalue weighted by Crippen LogP contribution is -2.53. The molecular formula is C96H132F6N8O8. The Bertz CT molecular complexity index is 4340. The molecule has 4 heterocycles. The lowest BCUT2D eigenvalue weighted by molar-refractivity contribution is -0.160. The summed E-state index contributed by atoms with van der Waals surface area (Å²) in [5.41, 5.74) is -2.00. The molecular weight excluding hydrogens is 1510 g/mol. The van der Waals surface area contributed by atoms with Gasteiger partial charge in [-0.25, -0.2) is 26.3 Å². The third-order valence-electron chi connectivity index (χ3n) is 37.1. The molecule has 0 unspecified atom stereocenters. The highest BCUT2D eigenvalue weighted by molar-refractivity contribution is 5.84. The smallest absolute Gasteiger partial charge is 0.267 e. The minimum absolute atomic E-state index is 0.0106. The van der Waals surface area contributed by atoms with Crippen molar-refractivity contribution in [3.05, 3.63) is 109 Å². The van der Waals surface area contributed by atoms with Crippen LogP contribution in [0.4, 0.5) is 26.3 Å². The van der Waals surface area contributed by atoms with Crippen LogP contribution in [0.15, 0.2) is 109 Å². The van der Waals surface area contributed by atoms with Crippen LogP contribution in [0.25, 0.3) is 0 Å². The van der Waals surface area contributed by atoms with Crippen LogP contribution in [0.1, 0.15) is 247 Å². The van der Waals surface area contributed by atoms with Crippen molar-refractivity contribution in [2.45, 2.75) is 308 Å². The van der Waals surface area contributed by atoms with E-state index in [1.165, 1.54) is 12.0 Å². The Kier molecular flexibility index (Phi) is 23.4. The Labute approximate surface area is 693 Å². The molecule has 16 aliphatic rings. The van der Waals surface area contributed by atoms with Gasteiger partial charge >= 0.3 is 0 Å². The highest BCUT2D eigenvalue weighted by atomic mass is 19.3. The van der Waals surface area contributed by atoms with Crippen LogP contribution in [0.3, 0.4) is 0 Å². The van der Waals surface area contributed by atoms with E-state index in [1.54, 1.807) is 43.5 Å². The normalized spacial score (nSPS) is 44.2. The number of carbonyl (C=O) groups excluding carboxylic acids is 4. The number of hydrogen-bond donors (Lipinski definition) is 4. The van der Waals surface area contributed by atoms with Gasteiger partial charge in [0.25, 0.3) is 12.9 Å². The summed E-state index contributed by atoms with van der Waals surface area (Å²) >= 11 is 0. The Morgan fingerprint density at radius 3 is 1.21 bits per heavy atom. The molecule has 13 saturated carbocycles. The number of fused-ring (bicyclic) bond motifs is 20. The second-order valence-electron chi connectivity index (χ2n) is 42.7. The van der Waals surface area contributed by atoms with Gasteiger partial charge in [0.1, 0.15) is 17.9 Å². The lowest BCUT2D eigenvalue weighted by atomic mass is 9.49. The second-order valence-corrected chi connectivity index (χ2v) is 42.7. The summed E-state index contributed by atoms with van der Waals surface area (Å²) in [5.74, 6) is 10.2. The van der Waals surface area contributed by atoms with Gasteiger partial charge in [0.15, 0.2) is 23.1 Å². The van der Waals surface area contributed by atoms with Crippen molar-refractivity contribution >= 4 is 23.1 Å². The molecule has 22 heteroatoms. The molecule has 0 aromatic carbocycles. The fraction of sp³-hybridized carbons (Fsp3) is 0.771. The first kappa shape index (κ1) is 84.4. The van der Waals surface area contributed by atoms with Crippen LogP contribution < -0.4 is 0 Å². The molecule has 118 heavy (non-hydrogen) atoms. The third kappa shape index (κ3) is 15.4. The predicted molar refractivity (Wildman–Crippen MR) is 435 cm³/mol. The number of carbonyl (C=O) groups is 4. The van der Waals surface area contributed by atoms with Gasteiger partial charge in [-0.05, 0) is 358 Å². The molecule has 13 fully saturated rings. The first-order valence-corrected chi connectivity index (χ1v) is 46.1. The monoisotopic (exact) mass is 1640 g/mol.